The number of fused-ring (bicyclic) bond motifs is 1. The molecule has 1 atom stereocenters. The highest BCUT2D eigenvalue weighted by molar-refractivity contribution is 5.69. The lowest BCUT2D eigenvalue weighted by atomic mass is 9.69. The third kappa shape index (κ3) is 2.55. The molecule has 24 heavy (non-hydrogen) atoms. The normalized spacial score (nSPS) is 22.8. The molecule has 128 valence electrons. The number of hydrogen-bond donors (Lipinski definition) is 1. The predicted octanol–water partition coefficient (Wildman–Crippen LogP) is 2.26. The van der Waals surface area contributed by atoms with Crippen molar-refractivity contribution in [3.05, 3.63) is 36.3 Å². The molecule has 2 fully saturated rings. The zero-order chi connectivity index (χ0) is 16.9. The molecule has 4 heterocycles. The number of hydrogen-bond acceptors (Lipinski definition) is 4. The Morgan fingerprint density at radius 3 is 2.92 bits per heavy atom. The molecule has 6 nitrogen and oxygen atoms in total. The quantitative estimate of drug-likeness (QED) is 0.872. The van der Waals surface area contributed by atoms with Crippen molar-refractivity contribution < 1.29 is 9.53 Å². The maximum atomic E-state index is 12.2. The Morgan fingerprint density at radius 1 is 1.38 bits per heavy atom. The molecule has 6 heteroatoms. The number of carbonyl (C=O) groups excluding carboxylic acids is 1. The zero-order valence-corrected chi connectivity index (χ0v) is 14.5. The first-order valence-electron chi connectivity index (χ1n) is 8.48. The smallest absolute Gasteiger partial charge is 0.410 e. The van der Waals surface area contributed by atoms with E-state index in [1.807, 2.05) is 38.1 Å². The van der Waals surface area contributed by atoms with Crippen LogP contribution >= 0.6 is 0 Å². The maximum Gasteiger partial charge on any atom is 0.410 e. The summed E-state index contributed by atoms with van der Waals surface area (Å²) in [6.07, 6.45) is 5.75. The highest BCUT2D eigenvalue weighted by atomic mass is 16.6. The average Bonchev–Trinajstić information content (AvgIpc) is 3.09. The molecule has 2 aliphatic rings. The second-order valence-electron chi connectivity index (χ2n) is 8.04. The van der Waals surface area contributed by atoms with Crippen LogP contribution in [0.2, 0.25) is 0 Å². The number of amides is 1. The number of nitrogens with zero attached hydrogens (tertiary/aromatic N) is 3. The van der Waals surface area contributed by atoms with E-state index in [4.69, 9.17) is 4.74 Å². The van der Waals surface area contributed by atoms with Gasteiger partial charge >= 0.3 is 6.09 Å². The van der Waals surface area contributed by atoms with E-state index in [9.17, 15) is 4.79 Å². The summed E-state index contributed by atoms with van der Waals surface area (Å²) < 4.78 is 7.55. The fourth-order valence-corrected chi connectivity index (χ4v) is 3.92. The molecule has 4 rings (SSSR count). The molecule has 2 aromatic rings. The van der Waals surface area contributed by atoms with Crippen LogP contribution in [0, 0.1) is 5.41 Å². The van der Waals surface area contributed by atoms with Crippen molar-refractivity contribution in [2.75, 3.05) is 26.2 Å². The number of rotatable bonds is 1. The minimum absolute atomic E-state index is 0.116. The van der Waals surface area contributed by atoms with Crippen molar-refractivity contribution in [3.8, 4) is 0 Å². The highest BCUT2D eigenvalue weighted by Crippen LogP contribution is 2.46. The largest absolute Gasteiger partial charge is 0.444 e. The standard InChI is InChI=1S/C18H24N4O2/c1-17(2,3)24-16(23)22-11-18(12-22)10-19-8-14(18)13-4-5-15-20-6-7-21(15)9-13/h4-7,9,14,19H,8,10-12H2,1-3H3. The van der Waals surface area contributed by atoms with Gasteiger partial charge in [-0.05, 0) is 32.4 Å². The summed E-state index contributed by atoms with van der Waals surface area (Å²) in [7, 11) is 0. The number of imidazole rings is 1. The number of nitrogens with one attached hydrogen (secondary N) is 1. The van der Waals surface area contributed by atoms with Gasteiger partial charge in [0.25, 0.3) is 0 Å². The fraction of sp³-hybridized carbons (Fsp3) is 0.556. The lowest BCUT2D eigenvalue weighted by molar-refractivity contribution is -0.0328. The van der Waals surface area contributed by atoms with Gasteiger partial charge < -0.3 is 19.4 Å². The van der Waals surface area contributed by atoms with Crippen molar-refractivity contribution in [2.45, 2.75) is 32.3 Å². The first-order valence-corrected chi connectivity index (χ1v) is 8.48. The van der Waals surface area contributed by atoms with Gasteiger partial charge in [0.1, 0.15) is 11.2 Å². The van der Waals surface area contributed by atoms with Gasteiger partial charge in [0, 0.05) is 56.1 Å². The Kier molecular flexibility index (Phi) is 3.35. The summed E-state index contributed by atoms with van der Waals surface area (Å²) in [6.45, 7) is 9.10. The van der Waals surface area contributed by atoms with Crippen LogP contribution in [0.1, 0.15) is 32.3 Å². The third-order valence-electron chi connectivity index (χ3n) is 5.04. The van der Waals surface area contributed by atoms with Gasteiger partial charge in [0.05, 0.1) is 0 Å². The predicted molar refractivity (Wildman–Crippen MR) is 91.0 cm³/mol. The van der Waals surface area contributed by atoms with Gasteiger partial charge in [-0.15, -0.1) is 0 Å². The van der Waals surface area contributed by atoms with Gasteiger partial charge in [-0.1, -0.05) is 6.07 Å². The molecule has 1 spiro atoms. The van der Waals surface area contributed by atoms with Crippen LogP contribution in [0.5, 0.6) is 0 Å². The molecule has 1 amide bonds. The Bertz CT molecular complexity index is 771. The van der Waals surface area contributed by atoms with E-state index >= 15 is 0 Å². The van der Waals surface area contributed by atoms with Crippen LogP contribution in [0.15, 0.2) is 30.7 Å². The number of carbonyl (C=O) groups is 1. The maximum absolute atomic E-state index is 12.2. The monoisotopic (exact) mass is 328 g/mol. The number of ether oxygens (including phenoxy) is 1. The van der Waals surface area contributed by atoms with Gasteiger partial charge in [0.2, 0.25) is 0 Å². The van der Waals surface area contributed by atoms with E-state index in [2.05, 4.69) is 33.0 Å². The molecular weight excluding hydrogens is 304 g/mol. The first-order chi connectivity index (χ1) is 11.4. The molecule has 2 saturated heterocycles. The Balaban J connectivity index is 1.51. The van der Waals surface area contributed by atoms with E-state index in [1.54, 1.807) is 0 Å². The second kappa shape index (κ2) is 5.21. The van der Waals surface area contributed by atoms with Crippen LogP contribution < -0.4 is 5.32 Å². The zero-order valence-electron chi connectivity index (χ0n) is 14.5. The van der Waals surface area contributed by atoms with Crippen molar-refractivity contribution in [3.63, 3.8) is 0 Å². The summed E-state index contributed by atoms with van der Waals surface area (Å²) in [6, 6.07) is 4.23. The molecule has 2 aromatic heterocycles. The summed E-state index contributed by atoms with van der Waals surface area (Å²) in [5.74, 6) is 0.406. The van der Waals surface area contributed by atoms with E-state index in [1.165, 1.54) is 5.56 Å². The van der Waals surface area contributed by atoms with E-state index in [-0.39, 0.29) is 11.5 Å². The molecule has 0 aliphatic carbocycles. The molecule has 0 bridgehead atoms. The molecular formula is C18H24N4O2. The van der Waals surface area contributed by atoms with Crippen molar-refractivity contribution >= 4 is 11.7 Å². The van der Waals surface area contributed by atoms with Gasteiger partial charge in [-0.3, -0.25) is 0 Å². The van der Waals surface area contributed by atoms with Crippen LogP contribution in [-0.2, 0) is 4.74 Å². The molecule has 1 N–H and O–H groups in total. The topological polar surface area (TPSA) is 58.9 Å². The van der Waals surface area contributed by atoms with E-state index in [0.717, 1.165) is 31.8 Å². The van der Waals surface area contributed by atoms with Gasteiger partial charge in [-0.25, -0.2) is 9.78 Å². The lowest BCUT2D eigenvalue weighted by Crippen LogP contribution is -2.62. The third-order valence-corrected chi connectivity index (χ3v) is 5.04. The summed E-state index contributed by atoms with van der Waals surface area (Å²) in [5, 5.41) is 3.51. The van der Waals surface area contributed by atoms with Gasteiger partial charge in [0.15, 0.2) is 0 Å². The van der Waals surface area contributed by atoms with Crippen LogP contribution in [0.3, 0.4) is 0 Å². The summed E-state index contributed by atoms with van der Waals surface area (Å²) >= 11 is 0. The molecule has 1 unspecified atom stereocenters. The van der Waals surface area contributed by atoms with Crippen LogP contribution in [0.4, 0.5) is 4.79 Å². The Morgan fingerprint density at radius 2 is 2.17 bits per heavy atom. The number of aromatic nitrogens is 2. The number of pyridine rings is 1. The first kappa shape index (κ1) is 15.4. The van der Waals surface area contributed by atoms with Crippen LogP contribution in [-0.4, -0.2) is 52.2 Å². The average molecular weight is 328 g/mol. The fourth-order valence-electron chi connectivity index (χ4n) is 3.92. The summed E-state index contributed by atoms with van der Waals surface area (Å²) in [4.78, 5) is 18.4. The minimum Gasteiger partial charge on any atom is -0.444 e. The second-order valence-corrected chi connectivity index (χ2v) is 8.04. The summed E-state index contributed by atoms with van der Waals surface area (Å²) in [5.41, 5.74) is 1.93. The van der Waals surface area contributed by atoms with Crippen LogP contribution in [0.25, 0.3) is 5.65 Å². The van der Waals surface area contributed by atoms with Crippen molar-refractivity contribution in [1.82, 2.24) is 19.6 Å². The highest BCUT2D eigenvalue weighted by Gasteiger charge is 2.54. The van der Waals surface area contributed by atoms with Gasteiger partial charge in [-0.2, -0.15) is 0 Å². The Labute approximate surface area is 141 Å². The molecule has 0 radical (unpaired) electrons. The Hall–Kier alpha value is -2.08. The van der Waals surface area contributed by atoms with E-state index in [0.29, 0.717) is 5.92 Å². The molecule has 0 saturated carbocycles. The van der Waals surface area contributed by atoms with E-state index < -0.39 is 5.60 Å². The van der Waals surface area contributed by atoms with Crippen molar-refractivity contribution in [1.29, 1.82) is 0 Å². The minimum atomic E-state index is -0.445. The SMILES string of the molecule is CC(C)(C)OC(=O)N1CC2(CNCC2c2ccc3nccn3c2)C1. The lowest BCUT2D eigenvalue weighted by Gasteiger charge is -2.50. The number of likely N-dealkylation sites (tertiary alicyclic amines) is 1. The van der Waals surface area contributed by atoms with Crippen molar-refractivity contribution in [2.24, 2.45) is 5.41 Å². The molecule has 2 aliphatic heterocycles. The molecule has 0 aromatic carbocycles.